The molecule has 1 rings (SSSR count). The van der Waals surface area contributed by atoms with Gasteiger partial charge < -0.3 is 15.7 Å². The second kappa shape index (κ2) is 7.68. The summed E-state index contributed by atoms with van der Waals surface area (Å²) in [7, 11) is 0. The topological polar surface area (TPSA) is 78.4 Å². The molecule has 2 atom stereocenters. The number of rotatable bonds is 6. The van der Waals surface area contributed by atoms with Crippen molar-refractivity contribution in [1.29, 1.82) is 0 Å². The Morgan fingerprint density at radius 3 is 2.48 bits per heavy atom. The van der Waals surface area contributed by atoms with Crippen molar-refractivity contribution in [2.24, 2.45) is 0 Å². The number of carbonyl (C=O) groups excluding carboxylic acids is 2. The van der Waals surface area contributed by atoms with Gasteiger partial charge >= 0.3 is 0 Å². The van der Waals surface area contributed by atoms with E-state index in [1.807, 2.05) is 0 Å². The Hall–Kier alpha value is -2.02. The fraction of sp³-hybridized carbons (Fsp3) is 0.429. The number of aliphatic hydroxyl groups excluding tert-OH is 1. The lowest BCUT2D eigenvalue weighted by Crippen LogP contribution is -2.38. The Morgan fingerprint density at radius 1 is 1.29 bits per heavy atom. The van der Waals surface area contributed by atoms with Crippen LogP contribution in [0.25, 0.3) is 0 Å². The molecule has 21 heavy (non-hydrogen) atoms. The van der Waals surface area contributed by atoms with Gasteiger partial charge in [-0.05, 0) is 13.0 Å². The van der Waals surface area contributed by atoms with E-state index in [1.54, 1.807) is 6.92 Å². The first kappa shape index (κ1) is 17.0. The van der Waals surface area contributed by atoms with Crippen LogP contribution in [0.3, 0.4) is 0 Å². The van der Waals surface area contributed by atoms with E-state index < -0.39 is 35.5 Å². The standard InChI is InChI=1S/C14H18F2N2O3/c1-8(7-19)17-14(21)6-13(18-9(2)20)11-4-3-10(15)5-12(11)16/h3-5,8,13,19H,6-7H2,1-2H3,(H,17,21)(H,18,20). The molecule has 0 fully saturated rings. The molecule has 1 aromatic carbocycles. The number of nitrogens with one attached hydrogen (secondary N) is 2. The first-order valence-electron chi connectivity index (χ1n) is 6.45. The number of amides is 2. The molecule has 5 nitrogen and oxygen atoms in total. The van der Waals surface area contributed by atoms with Crippen LogP contribution in [0.1, 0.15) is 31.9 Å². The van der Waals surface area contributed by atoms with E-state index in [2.05, 4.69) is 10.6 Å². The number of carbonyl (C=O) groups is 2. The molecule has 116 valence electrons. The third-order valence-electron chi connectivity index (χ3n) is 2.79. The fourth-order valence-corrected chi connectivity index (χ4v) is 1.83. The smallest absolute Gasteiger partial charge is 0.222 e. The summed E-state index contributed by atoms with van der Waals surface area (Å²) in [4.78, 5) is 23.0. The molecule has 0 aliphatic carbocycles. The van der Waals surface area contributed by atoms with Crippen molar-refractivity contribution in [1.82, 2.24) is 10.6 Å². The van der Waals surface area contributed by atoms with Gasteiger partial charge in [-0.25, -0.2) is 8.78 Å². The SMILES string of the molecule is CC(=O)NC(CC(=O)NC(C)CO)c1ccc(F)cc1F. The lowest BCUT2D eigenvalue weighted by molar-refractivity contribution is -0.123. The average Bonchev–Trinajstić information content (AvgIpc) is 2.37. The Kier molecular flexibility index (Phi) is 6.23. The van der Waals surface area contributed by atoms with E-state index >= 15 is 0 Å². The maximum absolute atomic E-state index is 13.8. The Labute approximate surface area is 121 Å². The van der Waals surface area contributed by atoms with Gasteiger partial charge in [-0.2, -0.15) is 0 Å². The van der Waals surface area contributed by atoms with Crippen molar-refractivity contribution in [3.8, 4) is 0 Å². The minimum atomic E-state index is -0.908. The summed E-state index contributed by atoms with van der Waals surface area (Å²) in [5, 5.41) is 13.8. The molecule has 0 aliphatic rings. The minimum Gasteiger partial charge on any atom is -0.394 e. The molecule has 1 aromatic rings. The van der Waals surface area contributed by atoms with E-state index in [9.17, 15) is 18.4 Å². The maximum Gasteiger partial charge on any atom is 0.222 e. The van der Waals surface area contributed by atoms with Crippen LogP contribution in [0.2, 0.25) is 0 Å². The van der Waals surface area contributed by atoms with Gasteiger partial charge in [-0.1, -0.05) is 6.07 Å². The van der Waals surface area contributed by atoms with Gasteiger partial charge in [0.25, 0.3) is 0 Å². The largest absolute Gasteiger partial charge is 0.394 e. The van der Waals surface area contributed by atoms with Crippen molar-refractivity contribution in [3.63, 3.8) is 0 Å². The molecule has 0 heterocycles. The van der Waals surface area contributed by atoms with Gasteiger partial charge in [-0.15, -0.1) is 0 Å². The lowest BCUT2D eigenvalue weighted by atomic mass is 10.0. The minimum absolute atomic E-state index is 0.0263. The number of benzene rings is 1. The van der Waals surface area contributed by atoms with E-state index in [-0.39, 0.29) is 18.6 Å². The second-order valence-corrected chi connectivity index (χ2v) is 4.77. The zero-order valence-corrected chi connectivity index (χ0v) is 11.8. The number of aliphatic hydroxyl groups is 1. The third-order valence-corrected chi connectivity index (χ3v) is 2.79. The van der Waals surface area contributed by atoms with Crippen LogP contribution in [0.5, 0.6) is 0 Å². The van der Waals surface area contributed by atoms with Crippen molar-refractivity contribution in [2.75, 3.05) is 6.61 Å². The van der Waals surface area contributed by atoms with Gasteiger partial charge in [0.15, 0.2) is 0 Å². The van der Waals surface area contributed by atoms with E-state index in [0.29, 0.717) is 6.07 Å². The van der Waals surface area contributed by atoms with E-state index in [1.165, 1.54) is 13.0 Å². The summed E-state index contributed by atoms with van der Waals surface area (Å²) < 4.78 is 26.7. The van der Waals surface area contributed by atoms with Crippen LogP contribution in [0.4, 0.5) is 8.78 Å². The van der Waals surface area contributed by atoms with Crippen LogP contribution in [-0.4, -0.2) is 29.6 Å². The number of halogens is 2. The highest BCUT2D eigenvalue weighted by molar-refractivity contribution is 5.79. The van der Waals surface area contributed by atoms with Gasteiger partial charge in [0.2, 0.25) is 11.8 Å². The molecule has 7 heteroatoms. The number of hydrogen-bond acceptors (Lipinski definition) is 3. The van der Waals surface area contributed by atoms with Gasteiger partial charge in [0.1, 0.15) is 11.6 Å². The summed E-state index contributed by atoms with van der Waals surface area (Å²) in [6.45, 7) is 2.61. The van der Waals surface area contributed by atoms with Crippen molar-refractivity contribution in [2.45, 2.75) is 32.4 Å². The summed E-state index contributed by atoms with van der Waals surface area (Å²) in [6, 6.07) is 1.58. The van der Waals surface area contributed by atoms with Crippen LogP contribution in [0.15, 0.2) is 18.2 Å². The average molecular weight is 300 g/mol. The highest BCUT2D eigenvalue weighted by Gasteiger charge is 2.21. The van der Waals surface area contributed by atoms with Gasteiger partial charge in [-0.3, -0.25) is 9.59 Å². The molecule has 0 aromatic heterocycles. The predicted octanol–water partition coefficient (Wildman–Crippen LogP) is 1.03. The first-order valence-corrected chi connectivity index (χ1v) is 6.45. The normalized spacial score (nSPS) is 13.4. The zero-order chi connectivity index (χ0) is 16.0. The Morgan fingerprint density at radius 2 is 1.95 bits per heavy atom. The van der Waals surface area contributed by atoms with Crippen LogP contribution < -0.4 is 10.6 Å². The highest BCUT2D eigenvalue weighted by atomic mass is 19.1. The Balaban J connectivity index is 2.90. The quantitative estimate of drug-likeness (QED) is 0.734. The van der Waals surface area contributed by atoms with Crippen molar-refractivity contribution >= 4 is 11.8 Å². The molecular formula is C14H18F2N2O3. The summed E-state index contributed by atoms with van der Waals surface area (Å²) in [6.07, 6.45) is -0.216. The monoisotopic (exact) mass is 300 g/mol. The first-order chi connectivity index (χ1) is 9.83. The zero-order valence-electron chi connectivity index (χ0n) is 11.8. The fourth-order valence-electron chi connectivity index (χ4n) is 1.83. The highest BCUT2D eigenvalue weighted by Crippen LogP contribution is 2.21. The number of hydrogen-bond donors (Lipinski definition) is 3. The predicted molar refractivity (Wildman–Crippen MR) is 72.2 cm³/mol. The molecular weight excluding hydrogens is 282 g/mol. The molecule has 3 N–H and O–H groups in total. The molecule has 2 unspecified atom stereocenters. The van der Waals surface area contributed by atoms with Gasteiger partial charge in [0.05, 0.1) is 19.1 Å². The van der Waals surface area contributed by atoms with Crippen LogP contribution in [0, 0.1) is 11.6 Å². The molecule has 0 saturated carbocycles. The Bertz CT molecular complexity index is 523. The molecule has 2 amide bonds. The summed E-state index contributed by atoms with van der Waals surface area (Å²) in [5.41, 5.74) is 0.0263. The second-order valence-electron chi connectivity index (χ2n) is 4.77. The lowest BCUT2D eigenvalue weighted by Gasteiger charge is -2.20. The van der Waals surface area contributed by atoms with Crippen LogP contribution >= 0.6 is 0 Å². The summed E-state index contributed by atoms with van der Waals surface area (Å²) >= 11 is 0. The molecule has 0 bridgehead atoms. The van der Waals surface area contributed by atoms with Crippen molar-refractivity contribution < 1.29 is 23.5 Å². The molecule has 0 aliphatic heterocycles. The third kappa shape index (κ3) is 5.47. The van der Waals surface area contributed by atoms with E-state index in [0.717, 1.165) is 6.07 Å². The summed E-state index contributed by atoms with van der Waals surface area (Å²) in [5.74, 6) is -2.47. The van der Waals surface area contributed by atoms with Crippen LogP contribution in [-0.2, 0) is 9.59 Å². The maximum atomic E-state index is 13.8. The van der Waals surface area contributed by atoms with E-state index in [4.69, 9.17) is 5.11 Å². The molecule has 0 spiro atoms. The molecule has 0 saturated heterocycles. The van der Waals surface area contributed by atoms with Gasteiger partial charge in [0, 0.05) is 24.6 Å². The van der Waals surface area contributed by atoms with Crippen molar-refractivity contribution in [3.05, 3.63) is 35.4 Å². The molecule has 0 radical (unpaired) electrons.